The molecule has 132 valence electrons. The first-order valence-electron chi connectivity index (χ1n) is 7.27. The molecule has 8 nitrogen and oxygen atoms in total. The molecule has 6 N–H and O–H groups in total. The molecule has 1 aliphatic heterocycles. The average Bonchev–Trinajstić information content (AvgIpc) is 2.46. The lowest BCUT2D eigenvalue weighted by Crippen LogP contribution is -2.40. The number of carbonyl (C=O) groups excluding carboxylic acids is 1. The number of anilines is 1. The highest BCUT2D eigenvalue weighted by Crippen LogP contribution is 2.36. The predicted molar refractivity (Wildman–Crippen MR) is 94.1 cm³/mol. The summed E-state index contributed by atoms with van der Waals surface area (Å²) in [5.41, 5.74) is 16.6. The fourth-order valence-electron chi connectivity index (χ4n) is 2.59. The Morgan fingerprint density at radius 1 is 1.29 bits per heavy atom. The van der Waals surface area contributed by atoms with E-state index in [1.54, 1.807) is 0 Å². The third kappa shape index (κ3) is 4.16. The summed E-state index contributed by atoms with van der Waals surface area (Å²) < 4.78 is 24.4. The second kappa shape index (κ2) is 6.96. The molecule has 2 rings (SSSR count). The lowest BCUT2D eigenvalue weighted by molar-refractivity contribution is 0.100. The van der Waals surface area contributed by atoms with E-state index in [-0.39, 0.29) is 21.5 Å². The molecule has 1 aromatic carbocycles. The number of hydrogen-bond acceptors (Lipinski definition) is 5. The zero-order chi connectivity index (χ0) is 18.1. The van der Waals surface area contributed by atoms with Crippen molar-refractivity contribution in [3.63, 3.8) is 0 Å². The van der Waals surface area contributed by atoms with Crippen molar-refractivity contribution in [2.75, 3.05) is 24.2 Å². The topological polar surface area (TPSA) is 145 Å². The molecule has 0 bridgehead atoms. The first-order valence-corrected chi connectivity index (χ1v) is 9.54. The minimum atomic E-state index is -3.62. The highest BCUT2D eigenvalue weighted by molar-refractivity contribution is 7.90. The molecule has 1 amide bonds. The lowest BCUT2D eigenvalue weighted by Gasteiger charge is -2.33. The second-order valence-corrected chi connectivity index (χ2v) is 8.13. The summed E-state index contributed by atoms with van der Waals surface area (Å²) in [5, 5.41) is 0.155. The number of hydrogen-bond donors (Lipinski definition) is 3. The van der Waals surface area contributed by atoms with Crippen molar-refractivity contribution in [2.24, 2.45) is 22.2 Å². The van der Waals surface area contributed by atoms with Crippen molar-refractivity contribution in [2.45, 2.75) is 23.8 Å². The Kier molecular flexibility index (Phi) is 5.36. The number of sulfone groups is 1. The van der Waals surface area contributed by atoms with Gasteiger partial charge in [-0.1, -0.05) is 11.6 Å². The lowest BCUT2D eigenvalue weighted by atomic mass is 10.0. The normalized spacial score (nSPS) is 16.0. The molecule has 0 atom stereocenters. The average molecular weight is 374 g/mol. The summed E-state index contributed by atoms with van der Waals surface area (Å²) in [7, 11) is -3.62. The molecule has 1 fully saturated rings. The zero-order valence-electron chi connectivity index (χ0n) is 13.2. The molecule has 24 heavy (non-hydrogen) atoms. The van der Waals surface area contributed by atoms with Crippen molar-refractivity contribution in [3.05, 3.63) is 22.7 Å². The van der Waals surface area contributed by atoms with Crippen LogP contribution in [0, 0.1) is 0 Å². The maximum Gasteiger partial charge on any atom is 0.280 e. The van der Waals surface area contributed by atoms with Crippen LogP contribution in [0.25, 0.3) is 0 Å². The van der Waals surface area contributed by atoms with Gasteiger partial charge in [-0.15, -0.1) is 0 Å². The van der Waals surface area contributed by atoms with E-state index in [1.807, 2.05) is 4.90 Å². The molecular formula is C14H20ClN5O3S. The Morgan fingerprint density at radius 3 is 2.38 bits per heavy atom. The third-order valence-corrected chi connectivity index (χ3v) is 5.16. The first kappa shape index (κ1) is 18.5. The summed E-state index contributed by atoms with van der Waals surface area (Å²) in [6.07, 6.45) is 2.52. The fourth-order valence-corrected chi connectivity index (χ4v) is 3.92. The van der Waals surface area contributed by atoms with Gasteiger partial charge in [0.1, 0.15) is 0 Å². The van der Waals surface area contributed by atoms with Crippen molar-refractivity contribution < 1.29 is 13.2 Å². The molecule has 0 unspecified atom stereocenters. The Labute approximate surface area is 145 Å². The van der Waals surface area contributed by atoms with Crippen LogP contribution in [0.1, 0.15) is 23.2 Å². The van der Waals surface area contributed by atoms with E-state index >= 15 is 0 Å². The highest BCUT2D eigenvalue weighted by atomic mass is 35.5. The molecule has 1 heterocycles. The zero-order valence-corrected chi connectivity index (χ0v) is 14.8. The van der Waals surface area contributed by atoms with Gasteiger partial charge in [0, 0.05) is 31.0 Å². The first-order chi connectivity index (χ1) is 11.1. The van der Waals surface area contributed by atoms with Crippen LogP contribution in [-0.2, 0) is 9.84 Å². The van der Waals surface area contributed by atoms with Crippen LogP contribution in [0.5, 0.6) is 0 Å². The molecule has 0 radical (unpaired) electrons. The molecule has 0 aliphatic carbocycles. The van der Waals surface area contributed by atoms with E-state index in [2.05, 4.69) is 4.99 Å². The minimum Gasteiger partial charge on any atom is -0.370 e. The summed E-state index contributed by atoms with van der Waals surface area (Å²) in [4.78, 5) is 17.2. The Hall–Kier alpha value is -1.84. The number of nitrogens with zero attached hydrogens (tertiary/aromatic N) is 2. The van der Waals surface area contributed by atoms with Gasteiger partial charge < -0.3 is 22.1 Å². The van der Waals surface area contributed by atoms with E-state index in [0.29, 0.717) is 18.8 Å². The minimum absolute atomic E-state index is 0.00582. The SMILES string of the molecule is CS(=O)(=O)c1cc(C(=O)N=C(N)N)cc(Cl)c1N1CCC(N)CC1. The van der Waals surface area contributed by atoms with Crippen molar-refractivity contribution in [3.8, 4) is 0 Å². The van der Waals surface area contributed by atoms with Gasteiger partial charge in [0.05, 0.1) is 15.6 Å². The molecule has 0 saturated carbocycles. The highest BCUT2D eigenvalue weighted by Gasteiger charge is 2.26. The quantitative estimate of drug-likeness (QED) is 0.502. The number of halogens is 1. The third-order valence-electron chi connectivity index (χ3n) is 3.76. The number of rotatable bonds is 3. The summed E-state index contributed by atoms with van der Waals surface area (Å²) in [6.45, 7) is 1.18. The molecule has 1 saturated heterocycles. The molecule has 10 heteroatoms. The number of nitrogens with two attached hydrogens (primary N) is 3. The van der Waals surface area contributed by atoms with Gasteiger partial charge >= 0.3 is 0 Å². The summed E-state index contributed by atoms with van der Waals surface area (Å²) in [5.74, 6) is -1.17. The number of carbonyl (C=O) groups is 1. The van der Waals surface area contributed by atoms with Gasteiger partial charge in [-0.3, -0.25) is 4.79 Å². The number of guanidine groups is 1. The summed E-state index contributed by atoms with van der Waals surface area (Å²) >= 11 is 6.29. The van der Waals surface area contributed by atoms with Crippen molar-refractivity contribution >= 4 is 39.0 Å². The van der Waals surface area contributed by atoms with E-state index < -0.39 is 21.7 Å². The Morgan fingerprint density at radius 2 is 1.88 bits per heavy atom. The van der Waals surface area contributed by atoms with Gasteiger partial charge in [0.2, 0.25) is 0 Å². The number of aliphatic imine (C=N–C) groups is 1. The van der Waals surface area contributed by atoms with E-state index in [1.165, 1.54) is 12.1 Å². The van der Waals surface area contributed by atoms with Gasteiger partial charge in [-0.25, -0.2) is 8.42 Å². The maximum atomic E-state index is 12.2. The molecule has 1 aromatic rings. The maximum absolute atomic E-state index is 12.2. The number of piperidine rings is 1. The van der Waals surface area contributed by atoms with Crippen LogP contribution in [0.2, 0.25) is 5.02 Å². The van der Waals surface area contributed by atoms with Gasteiger partial charge in [0.15, 0.2) is 15.8 Å². The van der Waals surface area contributed by atoms with Crippen LogP contribution in [-0.4, -0.2) is 45.7 Å². The van der Waals surface area contributed by atoms with Crippen LogP contribution >= 0.6 is 11.6 Å². The van der Waals surface area contributed by atoms with E-state index in [9.17, 15) is 13.2 Å². The molecule has 1 aliphatic rings. The van der Waals surface area contributed by atoms with Crippen LogP contribution in [0.15, 0.2) is 22.0 Å². The van der Waals surface area contributed by atoms with Crippen LogP contribution in [0.4, 0.5) is 5.69 Å². The molecular weight excluding hydrogens is 354 g/mol. The monoisotopic (exact) mass is 373 g/mol. The fraction of sp³-hybridized carbons (Fsp3) is 0.429. The van der Waals surface area contributed by atoms with Gasteiger partial charge in [0.25, 0.3) is 5.91 Å². The van der Waals surface area contributed by atoms with Crippen LogP contribution in [0.3, 0.4) is 0 Å². The van der Waals surface area contributed by atoms with Gasteiger partial charge in [-0.05, 0) is 25.0 Å². The van der Waals surface area contributed by atoms with E-state index in [4.69, 9.17) is 28.8 Å². The second-order valence-electron chi connectivity index (χ2n) is 5.74. The van der Waals surface area contributed by atoms with E-state index in [0.717, 1.165) is 19.1 Å². The standard InChI is InChI=1S/C14H20ClN5O3S/c1-24(22,23)11-7-8(13(21)19-14(17)18)6-10(15)12(11)20-4-2-9(16)3-5-20/h6-7,9H,2-5,16H2,1H3,(H4,17,18,19,21). The molecule has 0 spiro atoms. The van der Waals surface area contributed by atoms with Crippen LogP contribution < -0.4 is 22.1 Å². The number of benzene rings is 1. The van der Waals surface area contributed by atoms with Gasteiger partial charge in [-0.2, -0.15) is 4.99 Å². The Bertz CT molecular complexity index is 782. The number of amides is 1. The van der Waals surface area contributed by atoms with Crippen molar-refractivity contribution in [1.29, 1.82) is 0 Å². The smallest absolute Gasteiger partial charge is 0.280 e. The summed E-state index contributed by atoms with van der Waals surface area (Å²) in [6, 6.07) is 2.71. The van der Waals surface area contributed by atoms with Crippen molar-refractivity contribution in [1.82, 2.24) is 0 Å². The Balaban J connectivity index is 2.55. The predicted octanol–water partition coefficient (Wildman–Crippen LogP) is 0.0846. The molecule has 0 aromatic heterocycles. The largest absolute Gasteiger partial charge is 0.370 e.